The van der Waals surface area contributed by atoms with Crippen LogP contribution in [0.25, 0.3) is 0 Å². The molecule has 0 radical (unpaired) electrons. The van der Waals surface area contributed by atoms with Gasteiger partial charge in [-0.15, -0.1) is 0 Å². The number of hydrogen-bond donors (Lipinski definition) is 3. The lowest BCUT2D eigenvalue weighted by atomic mass is 10.1. The molecule has 26 heavy (non-hydrogen) atoms. The third-order valence-electron chi connectivity index (χ3n) is 3.14. The van der Waals surface area contributed by atoms with Crippen LogP contribution in [0, 0.1) is 0 Å². The molecule has 0 aromatic heterocycles. The van der Waals surface area contributed by atoms with Crippen molar-refractivity contribution in [3.05, 3.63) is 18.2 Å². The van der Waals surface area contributed by atoms with Gasteiger partial charge in [-0.25, -0.2) is 0 Å². The minimum absolute atomic E-state index is 0.0328. The molecule has 0 atom stereocenters. The van der Waals surface area contributed by atoms with E-state index in [1.807, 2.05) is 20.8 Å². The summed E-state index contributed by atoms with van der Waals surface area (Å²) in [5, 5.41) is 8.23. The van der Waals surface area contributed by atoms with Crippen molar-refractivity contribution in [2.24, 2.45) is 0 Å². The van der Waals surface area contributed by atoms with Crippen LogP contribution >= 0.6 is 0 Å². The first kappa shape index (κ1) is 21.4. The van der Waals surface area contributed by atoms with E-state index in [9.17, 15) is 14.4 Å². The van der Waals surface area contributed by atoms with Gasteiger partial charge in [-0.3, -0.25) is 19.3 Å². The van der Waals surface area contributed by atoms with Crippen LogP contribution in [0.1, 0.15) is 27.7 Å². The molecule has 3 N–H and O–H groups in total. The Morgan fingerprint density at radius 3 is 2.23 bits per heavy atom. The van der Waals surface area contributed by atoms with Crippen LogP contribution in [0.3, 0.4) is 0 Å². The molecule has 0 bridgehead atoms. The second-order valence-electron chi connectivity index (χ2n) is 7.11. The molecule has 0 heterocycles. The van der Waals surface area contributed by atoms with Gasteiger partial charge in [0.2, 0.25) is 17.7 Å². The minimum atomic E-state index is -0.322. The quantitative estimate of drug-likeness (QED) is 0.680. The third kappa shape index (κ3) is 7.98. The Hall–Kier alpha value is -2.61. The summed E-state index contributed by atoms with van der Waals surface area (Å²) in [6.07, 6.45) is 0. The summed E-state index contributed by atoms with van der Waals surface area (Å²) in [6.45, 7) is 7.22. The highest BCUT2D eigenvalue weighted by Gasteiger charge is 2.17. The van der Waals surface area contributed by atoms with Gasteiger partial charge in [0.25, 0.3) is 0 Å². The van der Waals surface area contributed by atoms with E-state index in [1.54, 1.807) is 30.1 Å². The SMILES string of the molecule is COc1ccc(NC(C)=O)cc1NC(=O)CN(C)CC(=O)NC(C)(C)C. The van der Waals surface area contributed by atoms with E-state index >= 15 is 0 Å². The molecule has 1 aromatic rings. The van der Waals surface area contributed by atoms with Gasteiger partial charge < -0.3 is 20.7 Å². The molecule has 0 fully saturated rings. The minimum Gasteiger partial charge on any atom is -0.495 e. The fourth-order valence-electron chi connectivity index (χ4n) is 2.28. The molecule has 0 spiro atoms. The van der Waals surface area contributed by atoms with E-state index in [4.69, 9.17) is 4.74 Å². The van der Waals surface area contributed by atoms with Crippen molar-refractivity contribution >= 4 is 29.1 Å². The maximum absolute atomic E-state index is 12.3. The summed E-state index contributed by atoms with van der Waals surface area (Å²) in [5.74, 6) is -0.190. The average molecular weight is 364 g/mol. The second kappa shape index (κ2) is 9.19. The highest BCUT2D eigenvalue weighted by molar-refractivity contribution is 5.96. The number of benzene rings is 1. The number of carbonyl (C=O) groups is 3. The number of anilines is 2. The van der Waals surface area contributed by atoms with Crippen LogP contribution in [0.4, 0.5) is 11.4 Å². The number of likely N-dealkylation sites (N-methyl/N-ethyl adjacent to an activating group) is 1. The molecule has 8 heteroatoms. The molecule has 0 aliphatic rings. The molecule has 0 saturated carbocycles. The molecule has 3 amide bonds. The van der Waals surface area contributed by atoms with E-state index in [-0.39, 0.29) is 36.3 Å². The fourth-order valence-corrected chi connectivity index (χ4v) is 2.28. The Kier molecular flexibility index (Phi) is 7.57. The lowest BCUT2D eigenvalue weighted by Crippen LogP contribution is -2.46. The van der Waals surface area contributed by atoms with Gasteiger partial charge in [0.15, 0.2) is 0 Å². The molecule has 1 aromatic carbocycles. The monoisotopic (exact) mass is 364 g/mol. The van der Waals surface area contributed by atoms with Crippen molar-refractivity contribution in [2.75, 3.05) is 37.9 Å². The third-order valence-corrected chi connectivity index (χ3v) is 3.14. The Labute approximate surface area is 154 Å². The average Bonchev–Trinajstić information content (AvgIpc) is 2.44. The lowest BCUT2D eigenvalue weighted by Gasteiger charge is -2.23. The van der Waals surface area contributed by atoms with E-state index in [2.05, 4.69) is 16.0 Å². The standard InChI is InChI=1S/C18H28N4O4/c1-12(23)19-13-7-8-15(26-6)14(9-13)20-16(24)10-22(5)11-17(25)21-18(2,3)4/h7-9H,10-11H2,1-6H3,(H,19,23)(H,20,24)(H,21,25). The summed E-state index contributed by atoms with van der Waals surface area (Å²) < 4.78 is 5.23. The van der Waals surface area contributed by atoms with Gasteiger partial charge >= 0.3 is 0 Å². The van der Waals surface area contributed by atoms with E-state index in [0.29, 0.717) is 17.1 Å². The first-order valence-corrected chi connectivity index (χ1v) is 8.25. The van der Waals surface area contributed by atoms with Crippen molar-refractivity contribution in [1.29, 1.82) is 0 Å². The number of methoxy groups -OCH3 is 1. The van der Waals surface area contributed by atoms with Gasteiger partial charge in [-0.05, 0) is 46.0 Å². The number of carbonyl (C=O) groups excluding carboxylic acids is 3. The zero-order valence-electron chi connectivity index (χ0n) is 16.2. The normalized spacial score (nSPS) is 11.0. The van der Waals surface area contributed by atoms with Crippen LogP contribution in [0.5, 0.6) is 5.75 Å². The molecule has 0 saturated heterocycles. The van der Waals surface area contributed by atoms with Crippen LogP contribution < -0.4 is 20.7 Å². The van der Waals surface area contributed by atoms with Crippen LogP contribution in [0.15, 0.2) is 18.2 Å². The van der Waals surface area contributed by atoms with Gasteiger partial charge in [0.1, 0.15) is 5.75 Å². The van der Waals surface area contributed by atoms with Crippen molar-refractivity contribution in [3.63, 3.8) is 0 Å². The van der Waals surface area contributed by atoms with Gasteiger partial charge in [-0.2, -0.15) is 0 Å². The zero-order chi connectivity index (χ0) is 19.9. The zero-order valence-corrected chi connectivity index (χ0v) is 16.2. The largest absolute Gasteiger partial charge is 0.495 e. The molecule has 144 valence electrons. The topological polar surface area (TPSA) is 99.8 Å². The second-order valence-corrected chi connectivity index (χ2v) is 7.11. The smallest absolute Gasteiger partial charge is 0.238 e. The Balaban J connectivity index is 2.69. The number of ether oxygens (including phenoxy) is 1. The van der Waals surface area contributed by atoms with Crippen LogP contribution in [-0.4, -0.2) is 55.4 Å². The van der Waals surface area contributed by atoms with Crippen LogP contribution in [-0.2, 0) is 14.4 Å². The fraction of sp³-hybridized carbons (Fsp3) is 0.500. The van der Waals surface area contributed by atoms with Crippen molar-refractivity contribution in [3.8, 4) is 5.75 Å². The van der Waals surface area contributed by atoms with E-state index in [0.717, 1.165) is 0 Å². The molecular formula is C18H28N4O4. The predicted molar refractivity (Wildman–Crippen MR) is 101 cm³/mol. The first-order chi connectivity index (χ1) is 12.0. The highest BCUT2D eigenvalue weighted by atomic mass is 16.5. The van der Waals surface area contributed by atoms with Gasteiger partial charge in [-0.1, -0.05) is 0 Å². The Bertz CT molecular complexity index is 668. The van der Waals surface area contributed by atoms with Gasteiger partial charge in [0.05, 0.1) is 25.9 Å². The number of rotatable bonds is 7. The molecule has 0 aliphatic carbocycles. The summed E-state index contributed by atoms with van der Waals surface area (Å²) in [4.78, 5) is 37.0. The molecule has 1 rings (SSSR count). The first-order valence-electron chi connectivity index (χ1n) is 8.25. The highest BCUT2D eigenvalue weighted by Crippen LogP contribution is 2.27. The number of nitrogens with zero attached hydrogens (tertiary/aromatic N) is 1. The number of amides is 3. The molecule has 8 nitrogen and oxygen atoms in total. The maximum atomic E-state index is 12.3. The van der Waals surface area contributed by atoms with E-state index in [1.165, 1.54) is 14.0 Å². The van der Waals surface area contributed by atoms with Crippen molar-refractivity contribution in [1.82, 2.24) is 10.2 Å². The Morgan fingerprint density at radius 1 is 1.08 bits per heavy atom. The van der Waals surface area contributed by atoms with E-state index < -0.39 is 0 Å². The summed E-state index contributed by atoms with van der Waals surface area (Å²) >= 11 is 0. The molecule has 0 aliphatic heterocycles. The number of hydrogen-bond acceptors (Lipinski definition) is 5. The maximum Gasteiger partial charge on any atom is 0.238 e. The van der Waals surface area contributed by atoms with Crippen molar-refractivity contribution < 1.29 is 19.1 Å². The number of nitrogens with one attached hydrogen (secondary N) is 3. The molecular weight excluding hydrogens is 336 g/mol. The summed E-state index contributed by atoms with van der Waals surface area (Å²) in [5.41, 5.74) is 0.667. The predicted octanol–water partition coefficient (Wildman–Crippen LogP) is 1.44. The van der Waals surface area contributed by atoms with Crippen LogP contribution in [0.2, 0.25) is 0 Å². The lowest BCUT2D eigenvalue weighted by molar-refractivity contribution is -0.124. The summed E-state index contributed by atoms with van der Waals surface area (Å²) in [7, 11) is 3.18. The van der Waals surface area contributed by atoms with Crippen molar-refractivity contribution in [2.45, 2.75) is 33.2 Å². The molecule has 0 unspecified atom stereocenters. The summed E-state index contributed by atoms with van der Waals surface area (Å²) in [6, 6.07) is 4.95. The Morgan fingerprint density at radius 2 is 1.69 bits per heavy atom. The van der Waals surface area contributed by atoms with Gasteiger partial charge in [0, 0.05) is 18.2 Å².